The summed E-state index contributed by atoms with van der Waals surface area (Å²) in [6.45, 7) is 0. The molecule has 4 nitrogen and oxygen atoms in total. The second-order valence-corrected chi connectivity index (χ2v) is 7.43. The van der Waals surface area contributed by atoms with Gasteiger partial charge in [-0.2, -0.15) is 0 Å². The molecule has 0 aliphatic carbocycles. The lowest BCUT2D eigenvalue weighted by atomic mass is 10.2. The molecule has 0 saturated heterocycles. The van der Waals surface area contributed by atoms with Gasteiger partial charge in [0.1, 0.15) is 0 Å². The van der Waals surface area contributed by atoms with Crippen molar-refractivity contribution in [1.82, 2.24) is 4.72 Å². The Bertz CT molecular complexity index is 757. The standard InChI is InChI=1S/C17H17NO3S2/c19-17(11-13-22-16-9-5-2-6-10-16)18-23(20,21)14-12-15-7-3-1-4-8-15/h1-10,12,14H,11,13H2,(H,18,19)/b14-12+. The van der Waals surface area contributed by atoms with Crippen molar-refractivity contribution >= 4 is 33.8 Å². The summed E-state index contributed by atoms with van der Waals surface area (Å²) in [5.74, 6) is 0.0134. The average Bonchev–Trinajstić information content (AvgIpc) is 2.55. The Morgan fingerprint density at radius 3 is 2.26 bits per heavy atom. The molecule has 1 N–H and O–H groups in total. The van der Waals surface area contributed by atoms with Gasteiger partial charge in [0.05, 0.1) is 5.41 Å². The highest BCUT2D eigenvalue weighted by Crippen LogP contribution is 2.17. The maximum absolute atomic E-state index is 11.8. The lowest BCUT2D eigenvalue weighted by Crippen LogP contribution is -2.28. The molecular weight excluding hydrogens is 330 g/mol. The van der Waals surface area contributed by atoms with E-state index in [9.17, 15) is 13.2 Å². The van der Waals surface area contributed by atoms with Crippen LogP contribution in [0, 0.1) is 0 Å². The lowest BCUT2D eigenvalue weighted by molar-refractivity contribution is -0.118. The summed E-state index contributed by atoms with van der Waals surface area (Å²) in [5.41, 5.74) is 0.755. The number of sulfonamides is 1. The van der Waals surface area contributed by atoms with E-state index in [2.05, 4.69) is 0 Å². The van der Waals surface area contributed by atoms with Crippen molar-refractivity contribution < 1.29 is 13.2 Å². The van der Waals surface area contributed by atoms with E-state index in [1.807, 2.05) is 53.3 Å². The third-order valence-corrected chi connectivity index (χ3v) is 4.86. The van der Waals surface area contributed by atoms with Gasteiger partial charge in [0, 0.05) is 17.1 Å². The maximum atomic E-state index is 11.8. The van der Waals surface area contributed by atoms with Crippen LogP contribution in [-0.4, -0.2) is 20.1 Å². The SMILES string of the molecule is O=C(CCSc1ccccc1)NS(=O)(=O)/C=C/c1ccccc1. The number of hydrogen-bond acceptors (Lipinski definition) is 4. The number of hydrogen-bond donors (Lipinski definition) is 1. The number of nitrogens with one attached hydrogen (secondary N) is 1. The zero-order valence-corrected chi connectivity index (χ0v) is 14.0. The Kier molecular flexibility index (Phi) is 6.43. The van der Waals surface area contributed by atoms with Gasteiger partial charge in [0.15, 0.2) is 0 Å². The van der Waals surface area contributed by atoms with Gasteiger partial charge in [0.2, 0.25) is 5.91 Å². The Morgan fingerprint density at radius 1 is 1.00 bits per heavy atom. The van der Waals surface area contributed by atoms with Crippen LogP contribution in [0.3, 0.4) is 0 Å². The van der Waals surface area contributed by atoms with Crippen molar-refractivity contribution in [2.75, 3.05) is 5.75 Å². The van der Waals surface area contributed by atoms with Gasteiger partial charge in [-0.05, 0) is 23.8 Å². The Hall–Kier alpha value is -2.05. The van der Waals surface area contributed by atoms with Crippen molar-refractivity contribution in [3.63, 3.8) is 0 Å². The van der Waals surface area contributed by atoms with E-state index in [4.69, 9.17) is 0 Å². The molecule has 0 fully saturated rings. The van der Waals surface area contributed by atoms with Crippen molar-refractivity contribution in [2.45, 2.75) is 11.3 Å². The third kappa shape index (κ3) is 6.71. The Morgan fingerprint density at radius 2 is 1.61 bits per heavy atom. The van der Waals surface area contributed by atoms with Crippen LogP contribution in [0.2, 0.25) is 0 Å². The second kappa shape index (κ2) is 8.55. The maximum Gasteiger partial charge on any atom is 0.257 e. The van der Waals surface area contributed by atoms with Crippen molar-refractivity contribution in [2.24, 2.45) is 0 Å². The van der Waals surface area contributed by atoms with E-state index in [1.165, 1.54) is 17.8 Å². The average molecular weight is 347 g/mol. The third-order valence-electron chi connectivity index (χ3n) is 2.84. The van der Waals surface area contributed by atoms with Gasteiger partial charge in [-0.3, -0.25) is 4.79 Å². The fourth-order valence-corrected chi connectivity index (χ4v) is 3.45. The molecule has 0 heterocycles. The van der Waals surface area contributed by atoms with Crippen LogP contribution in [-0.2, 0) is 14.8 Å². The summed E-state index contributed by atoms with van der Waals surface area (Å²) in [6.07, 6.45) is 1.59. The van der Waals surface area contributed by atoms with Crippen LogP contribution in [0.25, 0.3) is 6.08 Å². The molecule has 0 bridgehead atoms. The van der Waals surface area contributed by atoms with Crippen LogP contribution in [0.4, 0.5) is 0 Å². The zero-order chi connectivity index (χ0) is 16.5. The van der Waals surface area contributed by atoms with Crippen LogP contribution in [0.15, 0.2) is 71.0 Å². The molecule has 0 aromatic heterocycles. The van der Waals surface area contributed by atoms with Crippen LogP contribution < -0.4 is 4.72 Å². The van der Waals surface area contributed by atoms with Crippen LogP contribution >= 0.6 is 11.8 Å². The van der Waals surface area contributed by atoms with Gasteiger partial charge in [-0.1, -0.05) is 48.5 Å². The first-order valence-electron chi connectivity index (χ1n) is 7.02. The fourth-order valence-electron chi connectivity index (χ4n) is 1.75. The minimum absolute atomic E-state index is 0.137. The second-order valence-electron chi connectivity index (χ2n) is 4.70. The van der Waals surface area contributed by atoms with E-state index in [-0.39, 0.29) is 6.42 Å². The first-order valence-corrected chi connectivity index (χ1v) is 9.55. The molecule has 0 aliphatic heterocycles. The van der Waals surface area contributed by atoms with Gasteiger partial charge in [-0.25, -0.2) is 13.1 Å². The summed E-state index contributed by atoms with van der Waals surface area (Å²) in [4.78, 5) is 12.8. The normalized spacial score (nSPS) is 11.5. The molecule has 0 spiro atoms. The number of rotatable bonds is 7. The summed E-state index contributed by atoms with van der Waals surface area (Å²) >= 11 is 1.51. The first-order chi connectivity index (χ1) is 11.1. The highest BCUT2D eigenvalue weighted by molar-refractivity contribution is 7.99. The van der Waals surface area contributed by atoms with E-state index < -0.39 is 15.9 Å². The largest absolute Gasteiger partial charge is 0.274 e. The summed E-state index contributed by atoms with van der Waals surface area (Å²) < 4.78 is 25.7. The minimum Gasteiger partial charge on any atom is -0.274 e. The molecule has 0 unspecified atom stereocenters. The molecule has 2 rings (SSSR count). The monoisotopic (exact) mass is 347 g/mol. The quantitative estimate of drug-likeness (QED) is 0.781. The fraction of sp³-hybridized carbons (Fsp3) is 0.118. The number of thioether (sulfide) groups is 1. The number of benzene rings is 2. The molecular formula is C17H17NO3S2. The molecule has 0 radical (unpaired) electrons. The van der Waals surface area contributed by atoms with Gasteiger partial charge in [-0.15, -0.1) is 11.8 Å². The van der Waals surface area contributed by atoms with Crippen molar-refractivity contribution in [3.05, 3.63) is 71.6 Å². The molecule has 1 amide bonds. The zero-order valence-electron chi connectivity index (χ0n) is 12.4. The van der Waals surface area contributed by atoms with Crippen LogP contribution in [0.1, 0.15) is 12.0 Å². The highest BCUT2D eigenvalue weighted by Gasteiger charge is 2.10. The van der Waals surface area contributed by atoms with E-state index in [0.717, 1.165) is 15.9 Å². The molecule has 2 aromatic carbocycles. The minimum atomic E-state index is -3.76. The highest BCUT2D eigenvalue weighted by atomic mass is 32.2. The predicted octanol–water partition coefficient (Wildman–Crippen LogP) is 3.29. The number of amides is 1. The molecule has 0 aliphatic rings. The molecule has 0 atom stereocenters. The van der Waals surface area contributed by atoms with E-state index in [0.29, 0.717) is 5.75 Å². The topological polar surface area (TPSA) is 63.2 Å². The molecule has 120 valence electrons. The van der Waals surface area contributed by atoms with E-state index in [1.54, 1.807) is 12.1 Å². The van der Waals surface area contributed by atoms with Crippen LogP contribution in [0.5, 0.6) is 0 Å². The summed E-state index contributed by atoms with van der Waals surface area (Å²) in [6, 6.07) is 18.7. The van der Waals surface area contributed by atoms with E-state index >= 15 is 0 Å². The molecule has 2 aromatic rings. The smallest absolute Gasteiger partial charge is 0.257 e. The molecule has 0 saturated carbocycles. The first kappa shape index (κ1) is 17.3. The Labute approximate surface area is 140 Å². The molecule has 6 heteroatoms. The van der Waals surface area contributed by atoms with Crippen molar-refractivity contribution in [1.29, 1.82) is 0 Å². The summed E-state index contributed by atoms with van der Waals surface area (Å²) in [7, 11) is -3.76. The Balaban J connectivity index is 1.80. The van der Waals surface area contributed by atoms with Gasteiger partial charge < -0.3 is 0 Å². The lowest BCUT2D eigenvalue weighted by Gasteiger charge is -2.03. The predicted molar refractivity (Wildman–Crippen MR) is 94.3 cm³/mol. The van der Waals surface area contributed by atoms with Gasteiger partial charge in [0.25, 0.3) is 10.0 Å². The molecule has 23 heavy (non-hydrogen) atoms. The van der Waals surface area contributed by atoms with Gasteiger partial charge >= 0.3 is 0 Å². The summed E-state index contributed by atoms with van der Waals surface area (Å²) in [5, 5.41) is 1.00. The van der Waals surface area contributed by atoms with Crippen molar-refractivity contribution in [3.8, 4) is 0 Å². The number of carbonyl (C=O) groups excluding carboxylic acids is 1. The number of carbonyl (C=O) groups is 1.